The van der Waals surface area contributed by atoms with Crippen LogP contribution < -0.4 is 21.7 Å². The molecular formula is C26H40N4O7. The monoisotopic (exact) mass is 520 g/mol. The molecule has 0 aliphatic carbocycles. The minimum absolute atomic E-state index is 0.00810. The normalized spacial score (nSPS) is 15.1. The molecule has 1 aromatic rings. The van der Waals surface area contributed by atoms with Crippen LogP contribution >= 0.6 is 0 Å². The molecule has 11 nitrogen and oxygen atoms in total. The van der Waals surface area contributed by atoms with Crippen LogP contribution in [0.4, 0.5) is 0 Å². The predicted octanol–water partition coefficient (Wildman–Crippen LogP) is 1.05. The van der Waals surface area contributed by atoms with Crippen molar-refractivity contribution in [1.29, 1.82) is 0 Å². The number of carboxylic acids is 2. The summed E-state index contributed by atoms with van der Waals surface area (Å²) in [4.78, 5) is 61.7. The van der Waals surface area contributed by atoms with E-state index in [1.54, 1.807) is 31.2 Å². The van der Waals surface area contributed by atoms with Crippen molar-refractivity contribution in [3.05, 3.63) is 35.9 Å². The molecule has 0 saturated carbocycles. The highest BCUT2D eigenvalue weighted by atomic mass is 16.4. The van der Waals surface area contributed by atoms with Crippen molar-refractivity contribution < 1.29 is 34.2 Å². The summed E-state index contributed by atoms with van der Waals surface area (Å²) in [6.07, 6.45) is 0.296. The molecule has 37 heavy (non-hydrogen) atoms. The second kappa shape index (κ2) is 15.6. The molecule has 206 valence electrons. The lowest BCUT2D eigenvalue weighted by atomic mass is 9.96. The van der Waals surface area contributed by atoms with E-state index in [0.29, 0.717) is 6.42 Å². The summed E-state index contributed by atoms with van der Waals surface area (Å²) in [5, 5.41) is 26.2. The lowest BCUT2D eigenvalue weighted by Gasteiger charge is -2.28. The Labute approximate surface area is 217 Å². The van der Waals surface area contributed by atoms with Gasteiger partial charge in [-0.2, -0.15) is 0 Å². The number of rotatable bonds is 16. The van der Waals surface area contributed by atoms with Crippen LogP contribution in [-0.4, -0.2) is 64.0 Å². The lowest BCUT2D eigenvalue weighted by molar-refractivity contribution is -0.143. The van der Waals surface area contributed by atoms with E-state index in [2.05, 4.69) is 16.0 Å². The maximum atomic E-state index is 13.1. The Kier molecular flexibility index (Phi) is 13.3. The van der Waals surface area contributed by atoms with Crippen LogP contribution in [0, 0.1) is 11.8 Å². The van der Waals surface area contributed by atoms with Crippen molar-refractivity contribution in [3.8, 4) is 0 Å². The molecule has 0 saturated heterocycles. The Morgan fingerprint density at radius 3 is 1.97 bits per heavy atom. The summed E-state index contributed by atoms with van der Waals surface area (Å²) in [7, 11) is 0. The second-order valence-corrected chi connectivity index (χ2v) is 9.69. The van der Waals surface area contributed by atoms with E-state index in [9.17, 15) is 29.1 Å². The number of carbonyl (C=O) groups is 5. The third-order valence-electron chi connectivity index (χ3n) is 6.03. The fourth-order valence-corrected chi connectivity index (χ4v) is 3.69. The number of nitrogens with two attached hydrogens (primary N) is 1. The van der Waals surface area contributed by atoms with E-state index >= 15 is 0 Å². The number of hydrogen-bond acceptors (Lipinski definition) is 6. The Hall–Kier alpha value is -3.47. The fraction of sp³-hybridized carbons (Fsp3) is 0.577. The van der Waals surface area contributed by atoms with Crippen LogP contribution in [0.2, 0.25) is 0 Å². The molecule has 5 atom stereocenters. The zero-order valence-corrected chi connectivity index (χ0v) is 21.9. The van der Waals surface area contributed by atoms with Crippen molar-refractivity contribution in [2.75, 3.05) is 0 Å². The molecule has 0 spiro atoms. The van der Waals surface area contributed by atoms with E-state index in [-0.39, 0.29) is 31.1 Å². The van der Waals surface area contributed by atoms with Crippen LogP contribution in [0.1, 0.15) is 58.9 Å². The molecule has 1 rings (SSSR count). The second-order valence-electron chi connectivity index (χ2n) is 9.69. The SMILES string of the molecule is CCC(C)C(NC(=O)C(CCC(=O)O)NC(=O)C(N)Cc1ccccc1)C(=O)NC(CC(C)C)C(=O)O. The molecule has 0 aliphatic heterocycles. The molecule has 11 heteroatoms. The minimum Gasteiger partial charge on any atom is -0.481 e. The quantitative estimate of drug-likeness (QED) is 0.186. The van der Waals surface area contributed by atoms with Gasteiger partial charge in [0.2, 0.25) is 17.7 Å². The van der Waals surface area contributed by atoms with Gasteiger partial charge in [-0.3, -0.25) is 19.2 Å². The van der Waals surface area contributed by atoms with Crippen LogP contribution in [0.3, 0.4) is 0 Å². The van der Waals surface area contributed by atoms with Crippen molar-refractivity contribution in [3.63, 3.8) is 0 Å². The highest BCUT2D eigenvalue weighted by molar-refractivity contribution is 5.94. The van der Waals surface area contributed by atoms with Gasteiger partial charge in [0.1, 0.15) is 18.1 Å². The summed E-state index contributed by atoms with van der Waals surface area (Å²) in [5.74, 6) is -4.76. The van der Waals surface area contributed by atoms with Gasteiger partial charge >= 0.3 is 11.9 Å². The molecule has 1 aromatic carbocycles. The first-order chi connectivity index (χ1) is 17.3. The van der Waals surface area contributed by atoms with E-state index in [1.165, 1.54) is 0 Å². The van der Waals surface area contributed by atoms with Crippen LogP contribution in [0.15, 0.2) is 30.3 Å². The Balaban J connectivity index is 3.02. The van der Waals surface area contributed by atoms with Gasteiger partial charge in [-0.25, -0.2) is 4.79 Å². The number of benzene rings is 1. The van der Waals surface area contributed by atoms with Crippen molar-refractivity contribution >= 4 is 29.7 Å². The average Bonchev–Trinajstić information content (AvgIpc) is 2.83. The smallest absolute Gasteiger partial charge is 0.326 e. The maximum Gasteiger partial charge on any atom is 0.326 e. The Bertz CT molecular complexity index is 923. The van der Waals surface area contributed by atoms with Gasteiger partial charge in [0, 0.05) is 6.42 Å². The van der Waals surface area contributed by atoms with Gasteiger partial charge in [-0.15, -0.1) is 0 Å². The number of nitrogens with one attached hydrogen (secondary N) is 3. The number of carbonyl (C=O) groups excluding carboxylic acids is 3. The molecule has 0 aromatic heterocycles. The van der Waals surface area contributed by atoms with Gasteiger partial charge in [0.15, 0.2) is 0 Å². The van der Waals surface area contributed by atoms with Crippen molar-refractivity contribution in [2.45, 2.75) is 84.0 Å². The molecule has 3 amide bonds. The van der Waals surface area contributed by atoms with E-state index in [1.807, 2.05) is 26.8 Å². The van der Waals surface area contributed by atoms with Gasteiger partial charge in [0.05, 0.1) is 6.04 Å². The van der Waals surface area contributed by atoms with Crippen LogP contribution in [-0.2, 0) is 30.4 Å². The van der Waals surface area contributed by atoms with Crippen LogP contribution in [0.25, 0.3) is 0 Å². The zero-order chi connectivity index (χ0) is 28.1. The standard InChI is InChI=1S/C26H40N4O7/c1-5-16(4)22(25(35)29-20(26(36)37)13-15(2)3)30-24(34)19(11-12-21(31)32)28-23(33)18(27)14-17-9-7-6-8-10-17/h6-10,15-16,18-20,22H,5,11-14,27H2,1-4H3,(H,28,33)(H,29,35)(H,30,34)(H,31,32)(H,36,37). The number of aliphatic carboxylic acids is 2. The molecular weight excluding hydrogens is 480 g/mol. The third kappa shape index (κ3) is 11.4. The molecule has 5 unspecified atom stereocenters. The zero-order valence-electron chi connectivity index (χ0n) is 21.9. The van der Waals surface area contributed by atoms with Gasteiger partial charge in [-0.1, -0.05) is 64.4 Å². The number of carboxylic acid groups (broad SMARTS) is 2. The number of hydrogen-bond donors (Lipinski definition) is 6. The average molecular weight is 521 g/mol. The van der Waals surface area contributed by atoms with Crippen molar-refractivity contribution in [2.24, 2.45) is 17.6 Å². The first-order valence-corrected chi connectivity index (χ1v) is 12.5. The summed E-state index contributed by atoms with van der Waals surface area (Å²) >= 11 is 0. The predicted molar refractivity (Wildman–Crippen MR) is 137 cm³/mol. The topological polar surface area (TPSA) is 188 Å². The summed E-state index contributed by atoms with van der Waals surface area (Å²) in [6, 6.07) is 4.59. The van der Waals surface area contributed by atoms with Crippen molar-refractivity contribution in [1.82, 2.24) is 16.0 Å². The maximum absolute atomic E-state index is 13.1. The largest absolute Gasteiger partial charge is 0.481 e. The van der Waals surface area contributed by atoms with E-state index in [0.717, 1.165) is 5.56 Å². The van der Waals surface area contributed by atoms with Gasteiger partial charge < -0.3 is 31.9 Å². The molecule has 0 fully saturated rings. The highest BCUT2D eigenvalue weighted by Gasteiger charge is 2.33. The van der Waals surface area contributed by atoms with Gasteiger partial charge in [-0.05, 0) is 36.7 Å². The van der Waals surface area contributed by atoms with Gasteiger partial charge in [0.25, 0.3) is 0 Å². The Morgan fingerprint density at radius 1 is 0.865 bits per heavy atom. The third-order valence-corrected chi connectivity index (χ3v) is 6.03. The first-order valence-electron chi connectivity index (χ1n) is 12.5. The molecule has 0 aliphatic rings. The van der Waals surface area contributed by atoms with Crippen LogP contribution in [0.5, 0.6) is 0 Å². The summed E-state index contributed by atoms with van der Waals surface area (Å²) < 4.78 is 0. The van der Waals surface area contributed by atoms with E-state index < -0.39 is 60.2 Å². The first kappa shape index (κ1) is 31.6. The fourth-order valence-electron chi connectivity index (χ4n) is 3.69. The highest BCUT2D eigenvalue weighted by Crippen LogP contribution is 2.12. The molecule has 0 radical (unpaired) electrons. The molecule has 0 bridgehead atoms. The number of amides is 3. The molecule has 7 N–H and O–H groups in total. The lowest BCUT2D eigenvalue weighted by Crippen LogP contribution is -2.59. The molecule has 0 heterocycles. The summed E-state index contributed by atoms with van der Waals surface area (Å²) in [5.41, 5.74) is 6.83. The summed E-state index contributed by atoms with van der Waals surface area (Å²) in [6.45, 7) is 7.19. The van der Waals surface area contributed by atoms with E-state index in [4.69, 9.17) is 10.8 Å². The Morgan fingerprint density at radius 2 is 1.46 bits per heavy atom. The minimum atomic E-state index is -1.25.